The minimum absolute atomic E-state index is 0.233. The second-order valence-electron chi connectivity index (χ2n) is 4.07. The van der Waals surface area contributed by atoms with Crippen molar-refractivity contribution in [3.8, 4) is 17.1 Å². The Morgan fingerprint density at radius 1 is 1.40 bits per heavy atom. The number of rotatable bonds is 5. The molecule has 0 fully saturated rings. The first kappa shape index (κ1) is 14.7. The lowest BCUT2D eigenvalue weighted by atomic mass is 10.2. The Morgan fingerprint density at radius 3 is 2.90 bits per heavy atom. The van der Waals surface area contributed by atoms with Crippen LogP contribution in [0.15, 0.2) is 33.5 Å². The first-order valence-corrected chi connectivity index (χ1v) is 6.96. The summed E-state index contributed by atoms with van der Waals surface area (Å²) in [6, 6.07) is 7.43. The minimum atomic E-state index is -0.233. The van der Waals surface area contributed by atoms with Crippen LogP contribution in [-0.2, 0) is 11.3 Å². The van der Waals surface area contributed by atoms with Crippen molar-refractivity contribution in [3.63, 3.8) is 0 Å². The number of halogens is 1. The zero-order chi connectivity index (χ0) is 14.5. The fourth-order valence-corrected chi connectivity index (χ4v) is 2.08. The molecule has 20 heavy (non-hydrogen) atoms. The van der Waals surface area contributed by atoms with Crippen molar-refractivity contribution in [1.82, 2.24) is 9.97 Å². The molecule has 0 radical (unpaired) electrons. The van der Waals surface area contributed by atoms with Crippen molar-refractivity contribution in [2.75, 3.05) is 13.7 Å². The average molecular weight is 339 g/mol. The van der Waals surface area contributed by atoms with Gasteiger partial charge in [0.05, 0.1) is 18.9 Å². The van der Waals surface area contributed by atoms with Gasteiger partial charge >= 0.3 is 0 Å². The summed E-state index contributed by atoms with van der Waals surface area (Å²) in [6.45, 7) is 2.77. The normalized spacial score (nSPS) is 10.6. The van der Waals surface area contributed by atoms with Crippen LogP contribution in [0.5, 0.6) is 5.75 Å². The number of H-pyrrole nitrogens is 1. The number of methoxy groups -OCH3 is 1. The molecule has 0 aliphatic rings. The van der Waals surface area contributed by atoms with E-state index in [-0.39, 0.29) is 12.2 Å². The largest absolute Gasteiger partial charge is 0.494 e. The van der Waals surface area contributed by atoms with Crippen molar-refractivity contribution < 1.29 is 9.47 Å². The smallest absolute Gasteiger partial charge is 0.265 e. The highest BCUT2D eigenvalue weighted by Crippen LogP contribution is 2.22. The Morgan fingerprint density at radius 2 is 2.20 bits per heavy atom. The maximum absolute atomic E-state index is 11.9. The van der Waals surface area contributed by atoms with Crippen LogP contribution in [0.25, 0.3) is 11.4 Å². The number of hydrogen-bond donors (Lipinski definition) is 1. The van der Waals surface area contributed by atoms with Crippen LogP contribution in [-0.4, -0.2) is 23.7 Å². The summed E-state index contributed by atoms with van der Waals surface area (Å²) in [4.78, 5) is 19.0. The first-order chi connectivity index (χ1) is 9.65. The molecule has 0 saturated carbocycles. The van der Waals surface area contributed by atoms with Gasteiger partial charge in [-0.15, -0.1) is 0 Å². The third kappa shape index (κ3) is 3.26. The van der Waals surface area contributed by atoms with E-state index in [4.69, 9.17) is 9.47 Å². The van der Waals surface area contributed by atoms with Crippen molar-refractivity contribution in [2.24, 2.45) is 0 Å². The van der Waals surface area contributed by atoms with Gasteiger partial charge in [0.15, 0.2) is 0 Å². The van der Waals surface area contributed by atoms with E-state index < -0.39 is 0 Å². The molecule has 0 spiro atoms. The predicted molar refractivity (Wildman–Crippen MR) is 79.9 cm³/mol. The molecule has 0 aliphatic heterocycles. The molecule has 1 heterocycles. The maximum atomic E-state index is 11.9. The Kier molecular flexibility index (Phi) is 4.92. The van der Waals surface area contributed by atoms with E-state index in [1.54, 1.807) is 7.11 Å². The molecule has 0 amide bonds. The number of nitrogens with zero attached hydrogens (tertiary/aromatic N) is 1. The van der Waals surface area contributed by atoms with Crippen molar-refractivity contribution in [3.05, 3.63) is 44.8 Å². The third-order valence-electron chi connectivity index (χ3n) is 2.63. The van der Waals surface area contributed by atoms with Gasteiger partial charge < -0.3 is 14.5 Å². The van der Waals surface area contributed by atoms with Gasteiger partial charge in [0.1, 0.15) is 16.0 Å². The van der Waals surface area contributed by atoms with E-state index in [9.17, 15) is 4.79 Å². The zero-order valence-electron chi connectivity index (χ0n) is 11.3. The number of hydrogen-bond acceptors (Lipinski definition) is 4. The second kappa shape index (κ2) is 6.67. The van der Waals surface area contributed by atoms with E-state index in [2.05, 4.69) is 25.9 Å². The Hall–Kier alpha value is -1.66. The van der Waals surface area contributed by atoms with Crippen LogP contribution in [0, 0.1) is 0 Å². The predicted octanol–water partition coefficient (Wildman–Crippen LogP) is 2.74. The molecule has 0 atom stereocenters. The average Bonchev–Trinajstić information content (AvgIpc) is 2.44. The Bertz CT molecular complexity index is 655. The summed E-state index contributed by atoms with van der Waals surface area (Å²) in [7, 11) is 1.56. The lowest BCUT2D eigenvalue weighted by Gasteiger charge is -2.08. The van der Waals surface area contributed by atoms with Crippen LogP contribution >= 0.6 is 15.9 Å². The molecule has 106 valence electrons. The van der Waals surface area contributed by atoms with Gasteiger partial charge in [-0.25, -0.2) is 4.98 Å². The molecule has 1 aromatic carbocycles. The lowest BCUT2D eigenvalue weighted by Crippen LogP contribution is -2.14. The Balaban J connectivity index is 2.47. The molecule has 0 bridgehead atoms. The number of aromatic amines is 1. The van der Waals surface area contributed by atoms with Gasteiger partial charge in [-0.05, 0) is 35.0 Å². The molecule has 0 aliphatic carbocycles. The monoisotopic (exact) mass is 338 g/mol. The number of nitrogens with one attached hydrogen (secondary N) is 1. The lowest BCUT2D eigenvalue weighted by molar-refractivity contribution is 0.180. The fraction of sp³-hybridized carbons (Fsp3) is 0.286. The standard InChI is InChI=1S/C14H15BrN2O3/c1-3-20-10-6-4-5-9(7-10)13-16-11(8-19-2)12(15)14(18)17-13/h4-7H,3,8H2,1-2H3,(H,16,17,18). The van der Waals surface area contributed by atoms with Crippen molar-refractivity contribution in [2.45, 2.75) is 13.5 Å². The quantitative estimate of drug-likeness (QED) is 0.910. The minimum Gasteiger partial charge on any atom is -0.494 e. The van der Waals surface area contributed by atoms with Gasteiger partial charge in [-0.3, -0.25) is 4.79 Å². The van der Waals surface area contributed by atoms with E-state index in [0.29, 0.717) is 22.6 Å². The molecule has 0 unspecified atom stereocenters. The molecule has 2 rings (SSSR count). The summed E-state index contributed by atoms with van der Waals surface area (Å²) in [5, 5.41) is 0. The number of aromatic nitrogens is 2. The summed E-state index contributed by atoms with van der Waals surface area (Å²) in [5.41, 5.74) is 1.12. The topological polar surface area (TPSA) is 64.2 Å². The first-order valence-electron chi connectivity index (χ1n) is 6.16. The van der Waals surface area contributed by atoms with Crippen LogP contribution in [0.1, 0.15) is 12.6 Å². The third-order valence-corrected chi connectivity index (χ3v) is 3.45. The fourth-order valence-electron chi connectivity index (χ4n) is 1.77. The van der Waals surface area contributed by atoms with Gasteiger partial charge in [-0.2, -0.15) is 0 Å². The molecule has 0 saturated heterocycles. The SMILES string of the molecule is CCOc1cccc(-c2nc(COC)c(Br)c(=O)[nH]2)c1. The van der Waals surface area contributed by atoms with Crippen LogP contribution in [0.4, 0.5) is 0 Å². The molecule has 2 aromatic rings. The van der Waals surface area contributed by atoms with Crippen LogP contribution < -0.4 is 10.3 Å². The highest BCUT2D eigenvalue weighted by atomic mass is 79.9. The summed E-state index contributed by atoms with van der Waals surface area (Å²) < 4.78 is 10.9. The molecule has 1 aromatic heterocycles. The van der Waals surface area contributed by atoms with E-state index >= 15 is 0 Å². The second-order valence-corrected chi connectivity index (χ2v) is 4.86. The van der Waals surface area contributed by atoms with Crippen molar-refractivity contribution in [1.29, 1.82) is 0 Å². The highest BCUT2D eigenvalue weighted by Gasteiger charge is 2.10. The van der Waals surface area contributed by atoms with Crippen LogP contribution in [0.2, 0.25) is 0 Å². The zero-order valence-corrected chi connectivity index (χ0v) is 12.9. The van der Waals surface area contributed by atoms with E-state index in [0.717, 1.165) is 11.3 Å². The number of benzene rings is 1. The number of ether oxygens (including phenoxy) is 2. The molecule has 6 heteroatoms. The van der Waals surface area contributed by atoms with E-state index in [1.807, 2.05) is 31.2 Å². The molecule has 1 N–H and O–H groups in total. The van der Waals surface area contributed by atoms with Gasteiger partial charge in [0, 0.05) is 12.7 Å². The molecular weight excluding hydrogens is 324 g/mol. The maximum Gasteiger partial charge on any atom is 0.265 e. The van der Waals surface area contributed by atoms with Gasteiger partial charge in [0.25, 0.3) is 5.56 Å². The summed E-state index contributed by atoms with van der Waals surface area (Å²) in [5.74, 6) is 1.23. The van der Waals surface area contributed by atoms with Crippen LogP contribution in [0.3, 0.4) is 0 Å². The summed E-state index contributed by atoms with van der Waals surface area (Å²) in [6.07, 6.45) is 0. The van der Waals surface area contributed by atoms with Crippen molar-refractivity contribution >= 4 is 15.9 Å². The Labute approximate surface area is 125 Å². The van der Waals surface area contributed by atoms with Gasteiger partial charge in [-0.1, -0.05) is 12.1 Å². The molecular formula is C14H15BrN2O3. The highest BCUT2D eigenvalue weighted by molar-refractivity contribution is 9.10. The summed E-state index contributed by atoms with van der Waals surface area (Å²) >= 11 is 3.22. The van der Waals surface area contributed by atoms with E-state index in [1.165, 1.54) is 0 Å². The molecule has 5 nitrogen and oxygen atoms in total. The van der Waals surface area contributed by atoms with Gasteiger partial charge in [0.2, 0.25) is 0 Å².